The number of carbonyl (C=O) groups excluding carboxylic acids is 1. The minimum Gasteiger partial charge on any atom is -0.444 e. The summed E-state index contributed by atoms with van der Waals surface area (Å²) in [6.07, 6.45) is 1.03. The van der Waals surface area contributed by atoms with Gasteiger partial charge in [0.1, 0.15) is 5.60 Å². The molecule has 0 aliphatic carbocycles. The summed E-state index contributed by atoms with van der Waals surface area (Å²) < 4.78 is 5.38. The Morgan fingerprint density at radius 2 is 2.22 bits per heavy atom. The highest BCUT2D eigenvalue weighted by atomic mass is 16.6. The summed E-state index contributed by atoms with van der Waals surface area (Å²) in [6, 6.07) is 0. The molecule has 5 heteroatoms. The Morgan fingerprint density at radius 3 is 2.83 bits per heavy atom. The average Bonchev–Trinajstić information content (AvgIpc) is 2.66. The number of likely N-dealkylation sites (tertiary alicyclic amines) is 1. The third kappa shape index (κ3) is 2.78. The lowest BCUT2D eigenvalue weighted by Gasteiger charge is -2.38. The van der Waals surface area contributed by atoms with Gasteiger partial charge in [-0.25, -0.2) is 4.79 Å². The maximum absolute atomic E-state index is 12.0. The summed E-state index contributed by atoms with van der Waals surface area (Å²) in [4.78, 5) is 13.7. The topological polar surface area (TPSA) is 61.8 Å². The molecule has 1 amide bonds. The van der Waals surface area contributed by atoms with Crippen molar-refractivity contribution in [2.45, 2.75) is 45.3 Å². The van der Waals surface area contributed by atoms with Crippen molar-refractivity contribution in [1.29, 1.82) is 0 Å². The van der Waals surface area contributed by atoms with Gasteiger partial charge >= 0.3 is 6.09 Å². The number of carbonyl (C=O) groups is 1. The Morgan fingerprint density at radius 1 is 1.50 bits per heavy atom. The molecule has 0 aromatic carbocycles. The van der Waals surface area contributed by atoms with Crippen molar-refractivity contribution < 1.29 is 14.6 Å². The number of nitrogens with one attached hydrogen (secondary N) is 1. The lowest BCUT2D eigenvalue weighted by Crippen LogP contribution is -2.51. The second-order valence-corrected chi connectivity index (χ2v) is 6.50. The van der Waals surface area contributed by atoms with Crippen molar-refractivity contribution in [2.75, 3.05) is 26.2 Å². The van der Waals surface area contributed by atoms with Crippen LogP contribution in [0.15, 0.2) is 0 Å². The lowest BCUT2D eigenvalue weighted by atomic mass is 9.77. The zero-order chi connectivity index (χ0) is 13.4. The van der Waals surface area contributed by atoms with Crippen molar-refractivity contribution in [1.82, 2.24) is 10.2 Å². The van der Waals surface area contributed by atoms with Crippen molar-refractivity contribution in [2.24, 2.45) is 5.41 Å². The predicted octanol–water partition coefficient (Wildman–Crippen LogP) is 0.968. The van der Waals surface area contributed by atoms with Crippen LogP contribution in [0.25, 0.3) is 0 Å². The third-order valence-corrected chi connectivity index (χ3v) is 3.82. The van der Waals surface area contributed by atoms with E-state index in [1.807, 2.05) is 20.8 Å². The molecule has 2 unspecified atom stereocenters. The van der Waals surface area contributed by atoms with Gasteiger partial charge in [-0.3, -0.25) is 0 Å². The van der Waals surface area contributed by atoms with Crippen molar-refractivity contribution in [3.8, 4) is 0 Å². The summed E-state index contributed by atoms with van der Waals surface area (Å²) in [7, 11) is 0. The summed E-state index contributed by atoms with van der Waals surface area (Å²) in [5, 5.41) is 13.5. The Hall–Kier alpha value is -0.810. The Labute approximate surface area is 108 Å². The van der Waals surface area contributed by atoms with E-state index >= 15 is 0 Å². The van der Waals surface area contributed by atoms with Gasteiger partial charge in [-0.05, 0) is 40.2 Å². The van der Waals surface area contributed by atoms with E-state index in [-0.39, 0.29) is 17.6 Å². The molecule has 0 saturated carbocycles. The highest BCUT2D eigenvalue weighted by Crippen LogP contribution is 2.37. The molecule has 104 valence electrons. The van der Waals surface area contributed by atoms with Gasteiger partial charge in [-0.1, -0.05) is 0 Å². The Balaban J connectivity index is 1.97. The summed E-state index contributed by atoms with van der Waals surface area (Å²) in [5.74, 6) is 0. The predicted molar refractivity (Wildman–Crippen MR) is 68.4 cm³/mol. The zero-order valence-corrected chi connectivity index (χ0v) is 11.5. The number of hydrogen-bond acceptors (Lipinski definition) is 4. The second kappa shape index (κ2) is 4.70. The fourth-order valence-corrected chi connectivity index (χ4v) is 2.79. The minimum absolute atomic E-state index is 0.171. The number of nitrogens with zero attached hydrogens (tertiary/aromatic N) is 1. The van der Waals surface area contributed by atoms with Crippen LogP contribution in [0.5, 0.6) is 0 Å². The molecule has 2 heterocycles. The van der Waals surface area contributed by atoms with Crippen LogP contribution in [0, 0.1) is 5.41 Å². The smallest absolute Gasteiger partial charge is 0.410 e. The second-order valence-electron chi connectivity index (χ2n) is 6.50. The van der Waals surface area contributed by atoms with Gasteiger partial charge in [-0.2, -0.15) is 0 Å². The molecule has 2 fully saturated rings. The van der Waals surface area contributed by atoms with Crippen molar-refractivity contribution in [3.05, 3.63) is 0 Å². The number of aliphatic hydroxyl groups excluding tert-OH is 1. The summed E-state index contributed by atoms with van der Waals surface area (Å²) >= 11 is 0. The molecule has 2 aliphatic rings. The first-order valence-corrected chi connectivity index (χ1v) is 6.69. The molecule has 2 rings (SSSR count). The highest BCUT2D eigenvalue weighted by molar-refractivity contribution is 5.68. The molecule has 0 bridgehead atoms. The molecule has 5 nitrogen and oxygen atoms in total. The number of aliphatic hydroxyl groups is 1. The molecule has 0 aromatic heterocycles. The number of piperidine rings is 1. The van der Waals surface area contributed by atoms with Gasteiger partial charge in [0.25, 0.3) is 0 Å². The van der Waals surface area contributed by atoms with E-state index in [0.717, 1.165) is 25.9 Å². The molecular formula is C13H24N2O3. The summed E-state index contributed by atoms with van der Waals surface area (Å²) in [5.41, 5.74) is -0.634. The fourth-order valence-electron chi connectivity index (χ4n) is 2.79. The normalized spacial score (nSPS) is 32.9. The Kier molecular flexibility index (Phi) is 3.56. The molecule has 2 saturated heterocycles. The number of rotatable bonds is 0. The molecule has 2 atom stereocenters. The SMILES string of the molecule is CC(C)(C)OC(=O)N1CCC2(CNCCC2O)C1. The summed E-state index contributed by atoms with van der Waals surface area (Å²) in [6.45, 7) is 8.52. The van der Waals surface area contributed by atoms with Crippen LogP contribution >= 0.6 is 0 Å². The van der Waals surface area contributed by atoms with Crippen LogP contribution in [0.2, 0.25) is 0 Å². The van der Waals surface area contributed by atoms with Crippen LogP contribution in [0.1, 0.15) is 33.6 Å². The number of amides is 1. The molecule has 0 radical (unpaired) electrons. The molecule has 1 spiro atoms. The van der Waals surface area contributed by atoms with E-state index in [4.69, 9.17) is 4.74 Å². The standard InChI is InChI=1S/C13H24N2O3/c1-12(2,3)18-11(17)15-7-5-13(9-15)8-14-6-4-10(13)16/h10,14,16H,4-9H2,1-3H3. The quantitative estimate of drug-likeness (QED) is 0.678. The minimum atomic E-state index is -0.462. The zero-order valence-electron chi connectivity index (χ0n) is 11.5. The highest BCUT2D eigenvalue weighted by Gasteiger charge is 2.47. The third-order valence-electron chi connectivity index (χ3n) is 3.82. The van der Waals surface area contributed by atoms with Gasteiger partial charge in [-0.15, -0.1) is 0 Å². The molecule has 18 heavy (non-hydrogen) atoms. The molecule has 2 aliphatic heterocycles. The molecular weight excluding hydrogens is 232 g/mol. The first-order valence-electron chi connectivity index (χ1n) is 6.69. The van der Waals surface area contributed by atoms with Gasteiger partial charge in [0.05, 0.1) is 6.10 Å². The van der Waals surface area contributed by atoms with Gasteiger partial charge in [0.2, 0.25) is 0 Å². The van der Waals surface area contributed by atoms with E-state index in [1.165, 1.54) is 0 Å². The van der Waals surface area contributed by atoms with E-state index in [1.54, 1.807) is 4.90 Å². The van der Waals surface area contributed by atoms with Crippen LogP contribution in [-0.4, -0.2) is 54.0 Å². The van der Waals surface area contributed by atoms with Crippen LogP contribution in [0.4, 0.5) is 4.79 Å². The largest absolute Gasteiger partial charge is 0.444 e. The van der Waals surface area contributed by atoms with Crippen molar-refractivity contribution >= 4 is 6.09 Å². The first kappa shape index (κ1) is 13.6. The lowest BCUT2D eigenvalue weighted by molar-refractivity contribution is -0.00220. The van der Waals surface area contributed by atoms with Gasteiger partial charge in [0, 0.05) is 25.0 Å². The van der Waals surface area contributed by atoms with Crippen molar-refractivity contribution in [3.63, 3.8) is 0 Å². The van der Waals surface area contributed by atoms with Crippen LogP contribution in [0.3, 0.4) is 0 Å². The number of hydrogen-bond donors (Lipinski definition) is 2. The van der Waals surface area contributed by atoms with Crippen LogP contribution < -0.4 is 5.32 Å². The van der Waals surface area contributed by atoms with E-state index in [2.05, 4.69) is 5.32 Å². The maximum atomic E-state index is 12.0. The monoisotopic (exact) mass is 256 g/mol. The molecule has 0 aromatic rings. The van der Waals surface area contributed by atoms with E-state index in [9.17, 15) is 9.90 Å². The number of ether oxygens (including phenoxy) is 1. The van der Waals surface area contributed by atoms with E-state index in [0.29, 0.717) is 13.1 Å². The van der Waals surface area contributed by atoms with Crippen LogP contribution in [-0.2, 0) is 4.74 Å². The maximum Gasteiger partial charge on any atom is 0.410 e. The molecule has 2 N–H and O–H groups in total. The average molecular weight is 256 g/mol. The fraction of sp³-hybridized carbons (Fsp3) is 0.923. The first-order chi connectivity index (χ1) is 8.32. The van der Waals surface area contributed by atoms with Gasteiger partial charge < -0.3 is 20.1 Å². The van der Waals surface area contributed by atoms with E-state index < -0.39 is 5.60 Å². The Bertz CT molecular complexity index is 327. The van der Waals surface area contributed by atoms with Gasteiger partial charge in [0.15, 0.2) is 0 Å².